The van der Waals surface area contributed by atoms with Crippen LogP contribution in [0.15, 0.2) is 39.7 Å². The van der Waals surface area contributed by atoms with E-state index in [1.54, 1.807) is 13.8 Å². The number of hydrogen-bond donors (Lipinski definition) is 4. The van der Waals surface area contributed by atoms with Crippen LogP contribution in [0.1, 0.15) is 19.4 Å². The Kier molecular flexibility index (Phi) is 3.61. The average Bonchev–Trinajstić information content (AvgIpc) is 2.58. The second kappa shape index (κ2) is 5.65. The summed E-state index contributed by atoms with van der Waals surface area (Å²) < 4.78 is 11.3. The van der Waals surface area contributed by atoms with Crippen LogP contribution in [0.5, 0.6) is 23.0 Å². The van der Waals surface area contributed by atoms with Crippen LogP contribution in [0.3, 0.4) is 0 Å². The third-order valence-corrected chi connectivity index (χ3v) is 4.95. The number of aromatic hydroxyl groups is 3. The molecule has 0 saturated carbocycles. The fourth-order valence-electron chi connectivity index (χ4n) is 3.30. The van der Waals surface area contributed by atoms with Crippen molar-refractivity contribution in [2.24, 2.45) is 0 Å². The van der Waals surface area contributed by atoms with Gasteiger partial charge in [-0.3, -0.25) is 4.79 Å². The van der Waals surface area contributed by atoms with Crippen LogP contribution in [-0.4, -0.2) is 32.1 Å². The van der Waals surface area contributed by atoms with Crippen LogP contribution >= 0.6 is 0 Å². The molecule has 2 aromatic carbocycles. The zero-order chi connectivity index (χ0) is 19.5. The Hall–Kier alpha value is -3.19. The standard InChI is InChI=1S/C20H18O7/c1-20(2)16(23)6-11-14(27-20)7-15-17(18(11)24)19(25)12(8-26-15)10-4-3-9(21)5-13(10)22/h3-5,7-8,16,21-24H,6H2,1-2H3. The van der Waals surface area contributed by atoms with Gasteiger partial charge in [0.2, 0.25) is 5.43 Å². The van der Waals surface area contributed by atoms with E-state index in [4.69, 9.17) is 9.15 Å². The second-order valence-corrected chi connectivity index (χ2v) is 7.18. The van der Waals surface area contributed by atoms with Crippen LogP contribution < -0.4 is 10.2 Å². The summed E-state index contributed by atoms with van der Waals surface area (Å²) in [5, 5.41) is 40.4. The first kappa shape index (κ1) is 17.2. The first-order valence-electron chi connectivity index (χ1n) is 8.39. The molecule has 0 spiro atoms. The van der Waals surface area contributed by atoms with Crippen molar-refractivity contribution in [3.63, 3.8) is 0 Å². The highest BCUT2D eigenvalue weighted by atomic mass is 16.5. The van der Waals surface area contributed by atoms with Gasteiger partial charge in [-0.2, -0.15) is 0 Å². The Morgan fingerprint density at radius 2 is 1.85 bits per heavy atom. The Morgan fingerprint density at radius 1 is 1.11 bits per heavy atom. The third kappa shape index (κ3) is 2.59. The molecule has 7 nitrogen and oxygen atoms in total. The smallest absolute Gasteiger partial charge is 0.204 e. The minimum absolute atomic E-state index is 0.0351. The molecule has 4 N–H and O–H groups in total. The summed E-state index contributed by atoms with van der Waals surface area (Å²) in [6.07, 6.45) is 0.452. The van der Waals surface area contributed by atoms with E-state index in [0.717, 1.165) is 6.07 Å². The maximum atomic E-state index is 13.0. The predicted molar refractivity (Wildman–Crippen MR) is 97.3 cm³/mol. The number of phenolic OH excluding ortho intramolecular Hbond substituents is 3. The van der Waals surface area contributed by atoms with Gasteiger partial charge in [-0.1, -0.05) is 0 Å². The maximum Gasteiger partial charge on any atom is 0.204 e. The van der Waals surface area contributed by atoms with Gasteiger partial charge in [-0.15, -0.1) is 0 Å². The Labute approximate surface area is 153 Å². The lowest BCUT2D eigenvalue weighted by Crippen LogP contribution is -2.46. The van der Waals surface area contributed by atoms with Crippen molar-refractivity contribution in [2.45, 2.75) is 32.0 Å². The lowest BCUT2D eigenvalue weighted by atomic mass is 9.89. The number of rotatable bonds is 1. The van der Waals surface area contributed by atoms with Gasteiger partial charge in [0.05, 0.1) is 11.7 Å². The van der Waals surface area contributed by atoms with E-state index in [2.05, 4.69) is 0 Å². The molecule has 1 aliphatic rings. The minimum Gasteiger partial charge on any atom is -0.508 e. The molecule has 0 fully saturated rings. The van der Waals surface area contributed by atoms with Gasteiger partial charge >= 0.3 is 0 Å². The summed E-state index contributed by atoms with van der Waals surface area (Å²) in [5.74, 6) is -0.406. The highest BCUT2D eigenvalue weighted by Crippen LogP contribution is 2.42. The fraction of sp³-hybridized carbons (Fsp3) is 0.250. The lowest BCUT2D eigenvalue weighted by molar-refractivity contribution is -0.0415. The summed E-state index contributed by atoms with van der Waals surface area (Å²) in [7, 11) is 0. The van der Waals surface area contributed by atoms with Gasteiger partial charge in [-0.25, -0.2) is 0 Å². The van der Waals surface area contributed by atoms with Gasteiger partial charge in [0, 0.05) is 29.7 Å². The van der Waals surface area contributed by atoms with E-state index in [0.29, 0.717) is 11.3 Å². The number of aliphatic hydroxyl groups excluding tert-OH is 1. The van der Waals surface area contributed by atoms with E-state index in [1.165, 1.54) is 24.5 Å². The fourth-order valence-corrected chi connectivity index (χ4v) is 3.30. The Balaban J connectivity index is 1.97. The van der Waals surface area contributed by atoms with Crippen molar-refractivity contribution in [3.05, 3.63) is 46.3 Å². The van der Waals surface area contributed by atoms with Gasteiger partial charge in [0.25, 0.3) is 0 Å². The number of phenols is 3. The molecule has 140 valence electrons. The van der Waals surface area contributed by atoms with E-state index in [1.807, 2.05) is 0 Å². The molecular formula is C20H18O7. The molecule has 4 rings (SSSR count). The van der Waals surface area contributed by atoms with E-state index < -0.39 is 17.1 Å². The second-order valence-electron chi connectivity index (χ2n) is 7.18. The molecule has 0 bridgehead atoms. The molecule has 27 heavy (non-hydrogen) atoms. The molecule has 1 aliphatic heterocycles. The van der Waals surface area contributed by atoms with Crippen molar-refractivity contribution >= 4 is 11.0 Å². The Morgan fingerprint density at radius 3 is 2.56 bits per heavy atom. The van der Waals surface area contributed by atoms with Crippen molar-refractivity contribution in [1.29, 1.82) is 0 Å². The molecule has 1 aromatic heterocycles. The summed E-state index contributed by atoms with van der Waals surface area (Å²) in [4.78, 5) is 13.0. The van der Waals surface area contributed by atoms with Crippen LogP contribution in [0.25, 0.3) is 22.1 Å². The van der Waals surface area contributed by atoms with Gasteiger partial charge in [0.1, 0.15) is 45.8 Å². The summed E-state index contributed by atoms with van der Waals surface area (Å²) in [5.41, 5.74) is -0.729. The molecule has 0 aliphatic carbocycles. The molecule has 0 amide bonds. The van der Waals surface area contributed by atoms with Crippen molar-refractivity contribution in [2.75, 3.05) is 0 Å². The van der Waals surface area contributed by atoms with Gasteiger partial charge < -0.3 is 29.6 Å². The van der Waals surface area contributed by atoms with E-state index in [9.17, 15) is 25.2 Å². The molecule has 1 unspecified atom stereocenters. The molecular weight excluding hydrogens is 352 g/mol. The van der Waals surface area contributed by atoms with Crippen molar-refractivity contribution in [1.82, 2.24) is 0 Å². The predicted octanol–water partition coefficient (Wildman–Crippen LogP) is 2.65. The van der Waals surface area contributed by atoms with Crippen LogP contribution in [0.2, 0.25) is 0 Å². The first-order chi connectivity index (χ1) is 12.7. The topological polar surface area (TPSA) is 120 Å². The molecule has 1 atom stereocenters. The third-order valence-electron chi connectivity index (χ3n) is 4.95. The molecule has 3 aromatic rings. The van der Waals surface area contributed by atoms with Gasteiger partial charge in [-0.05, 0) is 26.0 Å². The number of aliphatic hydroxyl groups is 1. The summed E-state index contributed by atoms with van der Waals surface area (Å²) in [6, 6.07) is 5.34. The van der Waals surface area contributed by atoms with Crippen molar-refractivity contribution in [3.8, 4) is 34.1 Å². The molecule has 2 heterocycles. The largest absolute Gasteiger partial charge is 0.508 e. The highest BCUT2D eigenvalue weighted by Gasteiger charge is 2.38. The zero-order valence-corrected chi connectivity index (χ0v) is 14.7. The zero-order valence-electron chi connectivity index (χ0n) is 14.7. The monoisotopic (exact) mass is 370 g/mol. The van der Waals surface area contributed by atoms with E-state index in [-0.39, 0.29) is 45.8 Å². The number of hydrogen-bond acceptors (Lipinski definition) is 7. The highest BCUT2D eigenvalue weighted by molar-refractivity contribution is 5.90. The molecule has 7 heteroatoms. The SMILES string of the molecule is CC1(C)Oc2cc3occ(-c4ccc(O)cc4O)c(=O)c3c(O)c2CC1O. The summed E-state index contributed by atoms with van der Waals surface area (Å²) >= 11 is 0. The van der Waals surface area contributed by atoms with Crippen LogP contribution in [0.4, 0.5) is 0 Å². The summed E-state index contributed by atoms with van der Waals surface area (Å²) in [6.45, 7) is 3.46. The Bertz CT molecular complexity index is 1130. The number of ether oxygens (including phenoxy) is 1. The number of fused-ring (bicyclic) bond motifs is 2. The first-order valence-corrected chi connectivity index (χ1v) is 8.39. The molecule has 0 saturated heterocycles. The van der Waals surface area contributed by atoms with E-state index >= 15 is 0 Å². The normalized spacial score (nSPS) is 18.1. The minimum atomic E-state index is -0.857. The average molecular weight is 370 g/mol. The maximum absolute atomic E-state index is 13.0. The van der Waals surface area contributed by atoms with Gasteiger partial charge in [0.15, 0.2) is 0 Å². The molecule has 0 radical (unpaired) electrons. The lowest BCUT2D eigenvalue weighted by Gasteiger charge is -2.37. The van der Waals surface area contributed by atoms with Crippen LogP contribution in [-0.2, 0) is 6.42 Å². The van der Waals surface area contributed by atoms with Crippen LogP contribution in [0, 0.1) is 0 Å². The number of benzene rings is 2. The quantitative estimate of drug-likeness (QED) is 0.520. The van der Waals surface area contributed by atoms with Crippen molar-refractivity contribution < 1.29 is 29.6 Å².